The van der Waals surface area contributed by atoms with Gasteiger partial charge in [0.2, 0.25) is 0 Å². The second-order valence-electron chi connectivity index (χ2n) is 15.1. The van der Waals surface area contributed by atoms with Gasteiger partial charge in [0.1, 0.15) is 18.1 Å². The molecule has 0 bridgehead atoms. The summed E-state index contributed by atoms with van der Waals surface area (Å²) in [4.78, 5) is 39.4. The lowest BCUT2D eigenvalue weighted by Crippen LogP contribution is -2.81. The van der Waals surface area contributed by atoms with Crippen molar-refractivity contribution in [2.75, 3.05) is 13.7 Å². The van der Waals surface area contributed by atoms with Crippen molar-refractivity contribution < 1.29 is 49.0 Å². The molecule has 10 heteroatoms. The number of aliphatic hydroxyl groups excluding tert-OH is 2. The molecule has 1 heterocycles. The van der Waals surface area contributed by atoms with Crippen LogP contribution in [-0.2, 0) is 28.6 Å². The second kappa shape index (κ2) is 9.49. The van der Waals surface area contributed by atoms with Gasteiger partial charge in [0.05, 0.1) is 35.9 Å². The third-order valence-electron chi connectivity index (χ3n) is 13.1. The number of ether oxygens (including phenoxy) is 3. The molecule has 0 radical (unpaired) electrons. The van der Waals surface area contributed by atoms with E-state index in [0.717, 1.165) is 0 Å². The predicted molar refractivity (Wildman–Crippen MR) is 149 cm³/mol. The molecule has 10 nitrogen and oxygen atoms in total. The second-order valence-corrected chi connectivity index (χ2v) is 15.1. The molecule has 0 spiro atoms. The van der Waals surface area contributed by atoms with E-state index in [9.17, 15) is 34.8 Å². The number of cyclic esters (lactones) is 1. The summed E-state index contributed by atoms with van der Waals surface area (Å²) in [6, 6.07) is 0. The van der Waals surface area contributed by atoms with Crippen LogP contribution in [0.5, 0.6) is 0 Å². The number of carbonyl (C=O) groups is 3. The molecule has 0 unspecified atom stereocenters. The minimum atomic E-state index is -1.67. The summed E-state index contributed by atoms with van der Waals surface area (Å²) in [5.41, 5.74) is -8.39. The molecule has 4 aliphatic carbocycles. The molecule has 5 rings (SSSR count). The fourth-order valence-electron chi connectivity index (χ4n) is 11.1. The highest BCUT2D eigenvalue weighted by Gasteiger charge is 2.82. The van der Waals surface area contributed by atoms with E-state index in [1.807, 2.05) is 20.8 Å². The van der Waals surface area contributed by atoms with Crippen molar-refractivity contribution in [1.82, 2.24) is 0 Å². The highest BCUT2D eigenvalue weighted by molar-refractivity contribution is 5.83. The molecular formula is C32H48O10. The van der Waals surface area contributed by atoms with Gasteiger partial charge in [-0.1, -0.05) is 26.8 Å². The van der Waals surface area contributed by atoms with Crippen LogP contribution in [0.4, 0.5) is 0 Å². The smallest absolute Gasteiger partial charge is 0.330 e. The van der Waals surface area contributed by atoms with Crippen LogP contribution in [0, 0.1) is 38.9 Å². The number of hydrogen-bond donors (Lipinski definition) is 4. The first-order chi connectivity index (χ1) is 19.3. The molecule has 4 fully saturated rings. The van der Waals surface area contributed by atoms with Gasteiger partial charge in [-0.3, -0.25) is 9.59 Å². The van der Waals surface area contributed by atoms with Gasteiger partial charge in [0, 0.05) is 25.3 Å². The summed E-state index contributed by atoms with van der Waals surface area (Å²) in [5, 5.41) is 48.1. The lowest BCUT2D eigenvalue weighted by molar-refractivity contribution is -0.347. The van der Waals surface area contributed by atoms with E-state index in [0.29, 0.717) is 32.1 Å². The largest absolute Gasteiger partial charge is 0.468 e. The number of methoxy groups -OCH3 is 1. The average Bonchev–Trinajstić information content (AvgIpc) is 3.07. The van der Waals surface area contributed by atoms with Gasteiger partial charge in [-0.15, -0.1) is 0 Å². The Balaban J connectivity index is 1.79. The average molecular weight is 593 g/mol. The first kappa shape index (κ1) is 31.4. The maximum atomic E-state index is 14.3. The topological polar surface area (TPSA) is 160 Å². The number of hydrogen-bond acceptors (Lipinski definition) is 10. The van der Waals surface area contributed by atoms with Crippen LogP contribution >= 0.6 is 0 Å². The van der Waals surface area contributed by atoms with Crippen LogP contribution in [0.25, 0.3) is 0 Å². The molecular weight excluding hydrogens is 544 g/mol. The highest BCUT2D eigenvalue weighted by atomic mass is 16.6. The predicted octanol–water partition coefficient (Wildman–Crippen LogP) is 2.44. The Morgan fingerprint density at radius 1 is 1.05 bits per heavy atom. The molecule has 4 N–H and O–H groups in total. The monoisotopic (exact) mass is 592 g/mol. The Labute approximate surface area is 247 Å². The van der Waals surface area contributed by atoms with Crippen molar-refractivity contribution in [2.24, 2.45) is 38.9 Å². The van der Waals surface area contributed by atoms with Gasteiger partial charge in [-0.25, -0.2) is 4.79 Å². The summed E-state index contributed by atoms with van der Waals surface area (Å²) in [6.45, 7) is 10.1. The molecule has 1 aliphatic heterocycles. The third kappa shape index (κ3) is 3.67. The zero-order valence-corrected chi connectivity index (χ0v) is 25.9. The van der Waals surface area contributed by atoms with Gasteiger partial charge in [-0.2, -0.15) is 0 Å². The number of fused-ring (bicyclic) bond motifs is 7. The molecule has 0 saturated heterocycles. The highest BCUT2D eigenvalue weighted by Crippen LogP contribution is 2.78. The summed E-state index contributed by atoms with van der Waals surface area (Å²) in [7, 11) is 1.30. The van der Waals surface area contributed by atoms with Crippen LogP contribution in [0.3, 0.4) is 0 Å². The van der Waals surface area contributed by atoms with E-state index in [4.69, 9.17) is 14.2 Å². The quantitative estimate of drug-likeness (QED) is 0.283. The van der Waals surface area contributed by atoms with Crippen LogP contribution in [-0.4, -0.2) is 81.6 Å². The van der Waals surface area contributed by atoms with Crippen LogP contribution < -0.4 is 0 Å². The zero-order valence-electron chi connectivity index (χ0n) is 25.9. The molecule has 4 saturated carbocycles. The van der Waals surface area contributed by atoms with E-state index < -0.39 is 86.3 Å². The van der Waals surface area contributed by atoms with Gasteiger partial charge < -0.3 is 34.6 Å². The Bertz CT molecular complexity index is 1200. The SMILES string of the molecule is COC(=O)[C@@]12CC[C@@]3(C)[C@@H]4C=CC(=O)OC[C@]4([C@@H](C)O)[C@@H](OC(C)=O)[C@@H](O)[C@@H]3[C@@]1(C)CC[C@@]1(C)CC[C@@](C)(O)C[C@]12O. The molecule has 12 atom stereocenters. The standard InChI is InChI=1S/C32H48O10/c1-18(33)30-17-41-21(35)9-8-20(30)28(5)13-15-31(25(37)40-7)29(6,23(28)22(36)24(30)42-19(2)34)14-11-26(3)10-12-27(4,38)16-32(26,31)39/h8-9,18,20,22-24,33,36,38-39H,10-17H2,1-7H3/t18-,20+,22+,23+,24+,26-,27-,28+,29-,30-,31+,32+/m1/s1. The minimum Gasteiger partial charge on any atom is -0.468 e. The lowest BCUT2D eigenvalue weighted by atomic mass is 9.28. The van der Waals surface area contributed by atoms with E-state index >= 15 is 0 Å². The number of carbonyl (C=O) groups excluding carboxylic acids is 3. The van der Waals surface area contributed by atoms with Gasteiger partial charge in [0.15, 0.2) is 0 Å². The Morgan fingerprint density at radius 2 is 1.69 bits per heavy atom. The number of rotatable bonds is 3. The summed E-state index contributed by atoms with van der Waals surface area (Å²) >= 11 is 0. The molecule has 0 aromatic rings. The summed E-state index contributed by atoms with van der Waals surface area (Å²) in [6.07, 6.45) is 1.70. The van der Waals surface area contributed by atoms with Crippen LogP contribution in [0.1, 0.15) is 86.5 Å². The summed E-state index contributed by atoms with van der Waals surface area (Å²) in [5.74, 6) is -3.19. The fourth-order valence-corrected chi connectivity index (χ4v) is 11.1. The van der Waals surface area contributed by atoms with Crippen molar-refractivity contribution in [1.29, 1.82) is 0 Å². The van der Waals surface area contributed by atoms with Crippen LogP contribution in [0.2, 0.25) is 0 Å². The Morgan fingerprint density at radius 3 is 2.29 bits per heavy atom. The number of aliphatic hydroxyl groups is 4. The molecule has 236 valence electrons. The van der Waals surface area contributed by atoms with E-state index in [1.54, 1.807) is 19.9 Å². The maximum Gasteiger partial charge on any atom is 0.330 e. The van der Waals surface area contributed by atoms with E-state index in [-0.39, 0.29) is 19.4 Å². The molecule has 0 aromatic heterocycles. The number of allylic oxidation sites excluding steroid dienone is 1. The maximum absolute atomic E-state index is 14.3. The molecule has 0 aromatic carbocycles. The fraction of sp³-hybridized carbons (Fsp3) is 0.844. The van der Waals surface area contributed by atoms with Crippen molar-refractivity contribution in [3.8, 4) is 0 Å². The Hall–Kier alpha value is -2.01. The molecule has 42 heavy (non-hydrogen) atoms. The lowest BCUT2D eigenvalue weighted by Gasteiger charge is -2.76. The van der Waals surface area contributed by atoms with Gasteiger partial charge in [0.25, 0.3) is 0 Å². The van der Waals surface area contributed by atoms with E-state index in [1.165, 1.54) is 20.1 Å². The van der Waals surface area contributed by atoms with Crippen molar-refractivity contribution >= 4 is 17.9 Å². The Kier molecular flexibility index (Phi) is 7.10. The first-order valence-corrected chi connectivity index (χ1v) is 15.2. The van der Waals surface area contributed by atoms with Crippen LogP contribution in [0.15, 0.2) is 12.2 Å². The first-order valence-electron chi connectivity index (χ1n) is 15.2. The van der Waals surface area contributed by atoms with Gasteiger partial charge >= 0.3 is 17.9 Å². The normalized spacial score (nSPS) is 52.3. The number of esters is 3. The zero-order chi connectivity index (χ0) is 31.3. The molecule has 0 amide bonds. The summed E-state index contributed by atoms with van der Waals surface area (Å²) < 4.78 is 16.9. The van der Waals surface area contributed by atoms with Crippen molar-refractivity contribution in [2.45, 2.75) is 116 Å². The van der Waals surface area contributed by atoms with E-state index in [2.05, 4.69) is 0 Å². The minimum absolute atomic E-state index is 0.0304. The van der Waals surface area contributed by atoms with Crippen molar-refractivity contribution in [3.05, 3.63) is 12.2 Å². The van der Waals surface area contributed by atoms with Gasteiger partial charge in [-0.05, 0) is 74.5 Å². The molecule has 5 aliphatic rings. The third-order valence-corrected chi connectivity index (χ3v) is 13.1. The van der Waals surface area contributed by atoms with Crippen molar-refractivity contribution in [3.63, 3.8) is 0 Å².